The lowest BCUT2D eigenvalue weighted by Gasteiger charge is -2.29. The van der Waals surface area contributed by atoms with E-state index in [4.69, 9.17) is 11.5 Å². The van der Waals surface area contributed by atoms with E-state index < -0.39 is 23.6 Å². The van der Waals surface area contributed by atoms with Crippen LogP contribution in [0, 0.1) is 5.92 Å². The average molecular weight is 429 g/mol. The lowest BCUT2D eigenvalue weighted by Crippen LogP contribution is -2.50. The van der Waals surface area contributed by atoms with Gasteiger partial charge in [-0.15, -0.1) is 17.5 Å². The molecule has 1 aromatic heterocycles. The molecule has 1 aromatic rings. The van der Waals surface area contributed by atoms with E-state index in [0.29, 0.717) is 24.5 Å². The Morgan fingerprint density at radius 2 is 1.97 bits per heavy atom. The molecule has 164 valence electrons. The van der Waals surface area contributed by atoms with Crippen molar-refractivity contribution >= 4 is 24.2 Å². The van der Waals surface area contributed by atoms with Gasteiger partial charge in [-0.1, -0.05) is 37.3 Å². The van der Waals surface area contributed by atoms with Crippen LogP contribution in [0.1, 0.15) is 70.5 Å². The minimum atomic E-state index is -1.14. The molecule has 1 saturated carbocycles. The van der Waals surface area contributed by atoms with E-state index >= 15 is 0 Å². The number of aliphatic hydroxyl groups is 1. The molecule has 0 radical (unpaired) electrons. The Morgan fingerprint density at radius 3 is 2.55 bits per heavy atom. The number of aromatic nitrogens is 3. The first-order valence-electron chi connectivity index (χ1n) is 10.2. The van der Waals surface area contributed by atoms with Gasteiger partial charge in [-0.05, 0) is 26.2 Å². The summed E-state index contributed by atoms with van der Waals surface area (Å²) in [5.41, 5.74) is 11.2. The molecule has 2 unspecified atom stereocenters. The number of nitrogens with zero attached hydrogens (tertiary/aromatic N) is 4. The van der Waals surface area contributed by atoms with Gasteiger partial charge in [-0.3, -0.25) is 9.59 Å². The van der Waals surface area contributed by atoms with Gasteiger partial charge in [-0.2, -0.15) is 0 Å². The number of halogens is 1. The van der Waals surface area contributed by atoms with Gasteiger partial charge in [0.25, 0.3) is 0 Å². The maximum atomic E-state index is 13.0. The van der Waals surface area contributed by atoms with Crippen molar-refractivity contribution in [1.29, 1.82) is 0 Å². The quantitative estimate of drug-likeness (QED) is 0.613. The highest BCUT2D eigenvalue weighted by Crippen LogP contribution is 2.32. The third kappa shape index (κ3) is 5.26. The minimum absolute atomic E-state index is 0. The number of nitrogens with two attached hydrogens (primary N) is 2. The Bertz CT molecular complexity index is 713. The molecule has 1 aliphatic carbocycles. The number of hydrogen-bond donors (Lipinski definition) is 3. The van der Waals surface area contributed by atoms with Crippen LogP contribution in [0.15, 0.2) is 6.20 Å². The Balaban J connectivity index is 0.00000300. The normalized spacial score (nSPS) is 24.2. The number of rotatable bonds is 6. The monoisotopic (exact) mass is 428 g/mol. The second-order valence-corrected chi connectivity index (χ2v) is 8.77. The fraction of sp³-hybridized carbons (Fsp3) is 0.789. The zero-order chi connectivity index (χ0) is 20.5. The number of primary amides is 1. The molecule has 10 heteroatoms. The van der Waals surface area contributed by atoms with Crippen molar-refractivity contribution in [2.24, 2.45) is 17.4 Å². The van der Waals surface area contributed by atoms with Crippen LogP contribution >= 0.6 is 12.4 Å². The second kappa shape index (κ2) is 9.40. The van der Waals surface area contributed by atoms with Crippen LogP contribution in [0.25, 0.3) is 0 Å². The van der Waals surface area contributed by atoms with Crippen LogP contribution in [-0.4, -0.2) is 55.4 Å². The van der Waals surface area contributed by atoms with Gasteiger partial charge in [0.1, 0.15) is 11.6 Å². The third-order valence-corrected chi connectivity index (χ3v) is 6.07. The van der Waals surface area contributed by atoms with Gasteiger partial charge in [0.05, 0.1) is 24.0 Å². The summed E-state index contributed by atoms with van der Waals surface area (Å²) in [4.78, 5) is 26.5. The summed E-state index contributed by atoms with van der Waals surface area (Å²) in [5, 5.41) is 18.3. The van der Waals surface area contributed by atoms with Gasteiger partial charge in [-0.25, -0.2) is 4.68 Å². The van der Waals surface area contributed by atoms with Crippen LogP contribution in [0.3, 0.4) is 0 Å². The van der Waals surface area contributed by atoms with E-state index in [9.17, 15) is 14.7 Å². The molecule has 2 fully saturated rings. The molecule has 1 saturated heterocycles. The van der Waals surface area contributed by atoms with Gasteiger partial charge >= 0.3 is 0 Å². The van der Waals surface area contributed by atoms with Crippen molar-refractivity contribution in [2.45, 2.75) is 82.5 Å². The summed E-state index contributed by atoms with van der Waals surface area (Å²) in [6, 6.07) is -1.64. The maximum Gasteiger partial charge on any atom is 0.240 e. The molecule has 9 nitrogen and oxygen atoms in total. The van der Waals surface area contributed by atoms with E-state index in [2.05, 4.69) is 10.3 Å². The van der Waals surface area contributed by atoms with E-state index in [-0.39, 0.29) is 30.9 Å². The molecule has 0 bridgehead atoms. The number of likely N-dealkylation sites (tertiary alicyclic amines) is 1. The predicted molar refractivity (Wildman–Crippen MR) is 110 cm³/mol. The Hall–Kier alpha value is -1.71. The number of carbonyl (C=O) groups excluding carboxylic acids is 2. The Kier molecular flexibility index (Phi) is 7.64. The Labute approximate surface area is 177 Å². The molecule has 29 heavy (non-hydrogen) atoms. The first kappa shape index (κ1) is 23.6. The highest BCUT2D eigenvalue weighted by atomic mass is 35.5. The summed E-state index contributed by atoms with van der Waals surface area (Å²) >= 11 is 0. The van der Waals surface area contributed by atoms with Gasteiger partial charge in [0.15, 0.2) is 0 Å². The molecule has 3 atom stereocenters. The lowest BCUT2D eigenvalue weighted by molar-refractivity contribution is -0.138. The Morgan fingerprint density at radius 1 is 1.31 bits per heavy atom. The van der Waals surface area contributed by atoms with Crippen molar-refractivity contribution < 1.29 is 14.7 Å². The van der Waals surface area contributed by atoms with Crippen molar-refractivity contribution in [3.63, 3.8) is 0 Å². The van der Waals surface area contributed by atoms with E-state index in [1.807, 2.05) is 0 Å². The van der Waals surface area contributed by atoms with Gasteiger partial charge < -0.3 is 21.5 Å². The lowest BCUT2D eigenvalue weighted by atomic mass is 9.84. The molecule has 5 N–H and O–H groups in total. The number of hydrogen-bond acceptors (Lipinski definition) is 6. The average Bonchev–Trinajstić information content (AvgIpc) is 3.28. The smallest absolute Gasteiger partial charge is 0.240 e. The highest BCUT2D eigenvalue weighted by Gasteiger charge is 2.42. The molecular formula is C19H33ClN6O3. The first-order chi connectivity index (χ1) is 13.2. The summed E-state index contributed by atoms with van der Waals surface area (Å²) in [7, 11) is 0. The van der Waals surface area contributed by atoms with Crippen molar-refractivity contribution in [2.75, 3.05) is 6.54 Å². The largest absolute Gasteiger partial charge is 0.384 e. The second-order valence-electron chi connectivity index (χ2n) is 8.77. The summed E-state index contributed by atoms with van der Waals surface area (Å²) < 4.78 is 1.59. The molecular weight excluding hydrogens is 396 g/mol. The highest BCUT2D eigenvalue weighted by molar-refractivity contribution is 5.89. The molecule has 1 aliphatic heterocycles. The third-order valence-electron chi connectivity index (χ3n) is 6.07. The fourth-order valence-electron chi connectivity index (χ4n) is 4.55. The van der Waals surface area contributed by atoms with Gasteiger partial charge in [0.2, 0.25) is 11.8 Å². The van der Waals surface area contributed by atoms with Crippen molar-refractivity contribution in [3.8, 4) is 0 Å². The minimum Gasteiger partial charge on any atom is -0.384 e. The molecule has 0 aromatic carbocycles. The molecule has 3 rings (SSSR count). The van der Waals surface area contributed by atoms with Crippen molar-refractivity contribution in [3.05, 3.63) is 11.9 Å². The van der Waals surface area contributed by atoms with Crippen molar-refractivity contribution in [1.82, 2.24) is 19.9 Å². The molecule has 2 heterocycles. The summed E-state index contributed by atoms with van der Waals surface area (Å²) in [5.74, 6) is -0.317. The topological polar surface area (TPSA) is 140 Å². The summed E-state index contributed by atoms with van der Waals surface area (Å²) in [6.07, 6.45) is 8.32. The molecule has 2 amide bonds. The van der Waals surface area contributed by atoms with Crippen LogP contribution in [-0.2, 0) is 15.2 Å². The number of amides is 2. The van der Waals surface area contributed by atoms with Crippen LogP contribution in [0.2, 0.25) is 0 Å². The molecule has 0 spiro atoms. The zero-order valence-electron chi connectivity index (χ0n) is 17.2. The predicted octanol–water partition coefficient (Wildman–Crippen LogP) is 0.852. The zero-order valence-corrected chi connectivity index (χ0v) is 18.0. The number of carbonyl (C=O) groups is 2. The SMILES string of the molecule is CC(C)(O)c1cnnn1C1CC(C(N)=O)N(C(=O)[C@H](N)CC2CCCCC2)C1.Cl. The maximum absolute atomic E-state index is 13.0. The standard InChI is InChI=1S/C19H32N6O3.ClH/c1-19(2,28)16-10-22-23-25(16)13-9-15(17(21)26)24(11-13)18(27)14(20)8-12-6-4-3-5-7-12;/h10,12-15,28H,3-9,11,20H2,1-2H3,(H2,21,26);1H/t13?,14-,15?;/m1./s1. The van der Waals surface area contributed by atoms with E-state index in [1.165, 1.54) is 30.4 Å². The van der Waals surface area contributed by atoms with E-state index in [0.717, 1.165) is 12.8 Å². The van der Waals surface area contributed by atoms with Crippen LogP contribution in [0.5, 0.6) is 0 Å². The first-order valence-corrected chi connectivity index (χ1v) is 10.2. The summed E-state index contributed by atoms with van der Waals surface area (Å²) in [6.45, 7) is 3.56. The van der Waals surface area contributed by atoms with Crippen LogP contribution < -0.4 is 11.5 Å². The molecule has 2 aliphatic rings. The fourth-order valence-corrected chi connectivity index (χ4v) is 4.55. The van der Waals surface area contributed by atoms with E-state index in [1.54, 1.807) is 18.5 Å². The van der Waals surface area contributed by atoms with Crippen LogP contribution in [0.4, 0.5) is 0 Å². The van der Waals surface area contributed by atoms with Gasteiger partial charge in [0, 0.05) is 13.0 Å².